The van der Waals surface area contributed by atoms with Crippen LogP contribution in [0, 0.1) is 6.92 Å². The van der Waals surface area contributed by atoms with E-state index in [1.54, 1.807) is 36.4 Å². The highest BCUT2D eigenvalue weighted by atomic mass is 32.2. The fraction of sp³-hybridized carbons (Fsp3) is 0.250. The Morgan fingerprint density at radius 1 is 1.00 bits per heavy atom. The van der Waals surface area contributed by atoms with Crippen LogP contribution in [0.4, 0.5) is 5.69 Å². The van der Waals surface area contributed by atoms with Crippen LogP contribution in [0.25, 0.3) is 10.9 Å². The van der Waals surface area contributed by atoms with Crippen LogP contribution in [-0.2, 0) is 9.84 Å². The summed E-state index contributed by atoms with van der Waals surface area (Å²) in [7, 11) is -3.57. The Kier molecular flexibility index (Phi) is 4.38. The maximum absolute atomic E-state index is 12.9. The molecule has 0 bridgehead atoms. The summed E-state index contributed by atoms with van der Waals surface area (Å²) in [6, 6.07) is 14.4. The Hall–Kier alpha value is -2.44. The zero-order chi connectivity index (χ0) is 18.1. The average Bonchev–Trinajstić information content (AvgIpc) is 2.69. The third-order valence-corrected chi connectivity index (χ3v) is 6.52. The highest BCUT2D eigenvalue weighted by Crippen LogP contribution is 2.28. The van der Waals surface area contributed by atoms with Gasteiger partial charge in [-0.3, -0.25) is 4.98 Å². The van der Waals surface area contributed by atoms with E-state index in [2.05, 4.69) is 21.3 Å². The molecule has 1 saturated heterocycles. The molecule has 4 rings (SSSR count). The molecule has 0 unspecified atom stereocenters. The van der Waals surface area contributed by atoms with Gasteiger partial charge in [0.1, 0.15) is 0 Å². The highest BCUT2D eigenvalue weighted by Gasteiger charge is 2.19. The number of anilines is 1. The molecular formula is C20H21N3O2S. The fourth-order valence-electron chi connectivity index (χ4n) is 3.38. The summed E-state index contributed by atoms with van der Waals surface area (Å²) in [4.78, 5) is 7.29. The normalized spacial score (nSPS) is 15.3. The summed E-state index contributed by atoms with van der Waals surface area (Å²) < 4.78 is 25.8. The SMILES string of the molecule is Cc1cc(N2CCNCC2)cc2cc(S(=O)(=O)c3ccccc3)cnc12. The van der Waals surface area contributed by atoms with Gasteiger partial charge in [-0.05, 0) is 42.8 Å². The molecule has 26 heavy (non-hydrogen) atoms. The third-order valence-electron chi connectivity index (χ3n) is 4.78. The average molecular weight is 367 g/mol. The quantitative estimate of drug-likeness (QED) is 0.771. The molecule has 2 aromatic carbocycles. The molecule has 5 nitrogen and oxygen atoms in total. The lowest BCUT2D eigenvalue weighted by Crippen LogP contribution is -2.43. The van der Waals surface area contributed by atoms with Crippen molar-refractivity contribution in [3.8, 4) is 0 Å². The molecule has 0 aliphatic carbocycles. The lowest BCUT2D eigenvalue weighted by molar-refractivity contribution is 0.589. The van der Waals surface area contributed by atoms with Crippen molar-refractivity contribution >= 4 is 26.4 Å². The monoisotopic (exact) mass is 367 g/mol. The van der Waals surface area contributed by atoms with Gasteiger partial charge in [-0.15, -0.1) is 0 Å². The number of fused-ring (bicyclic) bond motifs is 1. The minimum absolute atomic E-state index is 0.230. The number of sulfone groups is 1. The van der Waals surface area contributed by atoms with Gasteiger partial charge in [0.05, 0.1) is 15.3 Å². The highest BCUT2D eigenvalue weighted by molar-refractivity contribution is 7.91. The van der Waals surface area contributed by atoms with E-state index < -0.39 is 9.84 Å². The van der Waals surface area contributed by atoms with Crippen molar-refractivity contribution in [2.24, 2.45) is 0 Å². The number of piperazine rings is 1. The number of nitrogens with one attached hydrogen (secondary N) is 1. The van der Waals surface area contributed by atoms with Crippen LogP contribution in [0.3, 0.4) is 0 Å². The van der Waals surface area contributed by atoms with Crippen molar-refractivity contribution in [1.82, 2.24) is 10.3 Å². The second-order valence-electron chi connectivity index (χ2n) is 6.56. The van der Waals surface area contributed by atoms with Gasteiger partial charge in [-0.25, -0.2) is 8.42 Å². The molecule has 0 spiro atoms. The molecule has 2 heterocycles. The summed E-state index contributed by atoms with van der Waals surface area (Å²) in [5.41, 5.74) is 3.02. The Balaban J connectivity index is 1.81. The fourth-order valence-corrected chi connectivity index (χ4v) is 4.64. The molecular weight excluding hydrogens is 346 g/mol. The lowest BCUT2D eigenvalue weighted by Gasteiger charge is -2.30. The molecule has 1 aromatic heterocycles. The number of hydrogen-bond acceptors (Lipinski definition) is 5. The maximum Gasteiger partial charge on any atom is 0.208 e. The van der Waals surface area contributed by atoms with Gasteiger partial charge in [-0.1, -0.05) is 18.2 Å². The number of pyridine rings is 1. The summed E-state index contributed by atoms with van der Waals surface area (Å²) in [5, 5.41) is 4.21. The van der Waals surface area contributed by atoms with Crippen molar-refractivity contribution in [2.75, 3.05) is 31.1 Å². The molecule has 3 aromatic rings. The van der Waals surface area contributed by atoms with Crippen LogP contribution in [0.2, 0.25) is 0 Å². The first-order chi connectivity index (χ1) is 12.6. The number of nitrogens with zero attached hydrogens (tertiary/aromatic N) is 2. The van der Waals surface area contributed by atoms with Crippen molar-refractivity contribution in [1.29, 1.82) is 0 Å². The molecule has 1 aliphatic rings. The van der Waals surface area contributed by atoms with Crippen LogP contribution in [-0.4, -0.2) is 39.6 Å². The molecule has 0 atom stereocenters. The number of aryl methyl sites for hydroxylation is 1. The Labute approximate surface area is 153 Å². The van der Waals surface area contributed by atoms with E-state index in [0.717, 1.165) is 48.3 Å². The standard InChI is InChI=1S/C20H21N3O2S/c1-15-11-17(23-9-7-21-8-10-23)12-16-13-19(14-22-20(15)16)26(24,25)18-5-3-2-4-6-18/h2-6,11-14,21H,7-10H2,1H3. The second-order valence-corrected chi connectivity index (χ2v) is 8.51. The summed E-state index contributed by atoms with van der Waals surface area (Å²) in [6.45, 7) is 5.82. The molecule has 134 valence electrons. The first-order valence-electron chi connectivity index (χ1n) is 8.72. The van der Waals surface area contributed by atoms with Crippen molar-refractivity contribution < 1.29 is 8.42 Å². The van der Waals surface area contributed by atoms with Gasteiger partial charge in [0.2, 0.25) is 9.84 Å². The number of benzene rings is 2. The molecule has 0 amide bonds. The van der Waals surface area contributed by atoms with E-state index in [-0.39, 0.29) is 9.79 Å². The Morgan fingerprint density at radius 3 is 2.46 bits per heavy atom. The predicted octanol–water partition coefficient (Wildman–Crippen LogP) is 2.79. The van der Waals surface area contributed by atoms with Crippen molar-refractivity contribution in [2.45, 2.75) is 16.7 Å². The number of rotatable bonds is 3. The van der Waals surface area contributed by atoms with Crippen molar-refractivity contribution in [3.05, 3.63) is 60.3 Å². The smallest absolute Gasteiger partial charge is 0.208 e. The molecule has 0 radical (unpaired) electrons. The molecule has 0 saturated carbocycles. The molecule has 1 aliphatic heterocycles. The zero-order valence-electron chi connectivity index (χ0n) is 14.6. The first kappa shape index (κ1) is 17.0. The van der Waals surface area contributed by atoms with Gasteiger partial charge in [0, 0.05) is 43.4 Å². The Morgan fingerprint density at radius 2 is 1.73 bits per heavy atom. The minimum atomic E-state index is -3.57. The second kappa shape index (κ2) is 6.70. The third kappa shape index (κ3) is 3.06. The van der Waals surface area contributed by atoms with Crippen LogP contribution in [0.1, 0.15) is 5.56 Å². The lowest BCUT2D eigenvalue weighted by atomic mass is 10.1. The van der Waals surface area contributed by atoms with Crippen molar-refractivity contribution in [3.63, 3.8) is 0 Å². The topological polar surface area (TPSA) is 62.3 Å². The van der Waals surface area contributed by atoms with Gasteiger partial charge in [0.15, 0.2) is 0 Å². The van der Waals surface area contributed by atoms with Gasteiger partial charge in [-0.2, -0.15) is 0 Å². The van der Waals surface area contributed by atoms with Gasteiger partial charge >= 0.3 is 0 Å². The van der Waals surface area contributed by atoms with E-state index in [4.69, 9.17) is 0 Å². The van der Waals surface area contributed by atoms with E-state index in [1.165, 1.54) is 6.20 Å². The van der Waals surface area contributed by atoms with E-state index in [0.29, 0.717) is 0 Å². The first-order valence-corrected chi connectivity index (χ1v) is 10.2. The molecule has 1 N–H and O–H groups in total. The number of hydrogen-bond donors (Lipinski definition) is 1. The van der Waals surface area contributed by atoms with E-state index in [9.17, 15) is 8.42 Å². The minimum Gasteiger partial charge on any atom is -0.369 e. The molecule has 1 fully saturated rings. The summed E-state index contributed by atoms with van der Waals surface area (Å²) in [6.07, 6.45) is 1.46. The van der Waals surface area contributed by atoms with Crippen LogP contribution in [0.5, 0.6) is 0 Å². The predicted molar refractivity (Wildman–Crippen MR) is 103 cm³/mol. The zero-order valence-corrected chi connectivity index (χ0v) is 15.5. The largest absolute Gasteiger partial charge is 0.369 e. The number of aromatic nitrogens is 1. The molecule has 6 heteroatoms. The van der Waals surface area contributed by atoms with Crippen LogP contribution < -0.4 is 10.2 Å². The van der Waals surface area contributed by atoms with E-state index in [1.807, 2.05) is 13.0 Å². The van der Waals surface area contributed by atoms with Gasteiger partial charge in [0.25, 0.3) is 0 Å². The summed E-state index contributed by atoms with van der Waals surface area (Å²) >= 11 is 0. The van der Waals surface area contributed by atoms with Crippen LogP contribution >= 0.6 is 0 Å². The Bertz CT molecular complexity index is 1040. The van der Waals surface area contributed by atoms with Gasteiger partial charge < -0.3 is 10.2 Å². The summed E-state index contributed by atoms with van der Waals surface area (Å²) in [5.74, 6) is 0. The maximum atomic E-state index is 12.9. The van der Waals surface area contributed by atoms with Crippen LogP contribution in [0.15, 0.2) is 64.5 Å². The van der Waals surface area contributed by atoms with E-state index >= 15 is 0 Å².